The van der Waals surface area contributed by atoms with E-state index in [0.29, 0.717) is 12.3 Å². The van der Waals surface area contributed by atoms with Crippen molar-refractivity contribution in [3.05, 3.63) is 0 Å². The zero-order valence-electron chi connectivity index (χ0n) is 11.8. The van der Waals surface area contributed by atoms with Crippen LogP contribution in [0.4, 0.5) is 0 Å². The van der Waals surface area contributed by atoms with E-state index < -0.39 is 0 Å². The summed E-state index contributed by atoms with van der Waals surface area (Å²) in [5.74, 6) is 1.57. The smallest absolute Gasteiger partial charge is 0.0713 e. The summed E-state index contributed by atoms with van der Waals surface area (Å²) in [4.78, 5) is 0. The average Bonchev–Trinajstić information content (AvgIpc) is 2.40. The Morgan fingerprint density at radius 3 is 2.12 bits per heavy atom. The van der Waals surface area contributed by atoms with Crippen molar-refractivity contribution in [2.24, 2.45) is 11.8 Å². The Hall–Kier alpha value is -0.120. The van der Waals surface area contributed by atoms with Crippen LogP contribution in [-0.2, 0) is 0 Å². The predicted molar refractivity (Wildman–Crippen MR) is 72.5 cm³/mol. The molecule has 2 fully saturated rings. The Labute approximate surface area is 106 Å². The monoisotopic (exact) mass is 239 g/mol. The van der Waals surface area contributed by atoms with E-state index in [1.54, 1.807) is 0 Å². The van der Waals surface area contributed by atoms with Crippen LogP contribution in [0.2, 0.25) is 0 Å². The molecule has 3 N–H and O–H groups in total. The molecule has 0 bridgehead atoms. The number of rotatable bonds is 1. The summed E-state index contributed by atoms with van der Waals surface area (Å²) in [7, 11) is 0. The van der Waals surface area contributed by atoms with Crippen LogP contribution in [0.25, 0.3) is 0 Å². The fourth-order valence-electron chi connectivity index (χ4n) is 3.96. The molecule has 0 aromatic carbocycles. The number of hydrogen-bond donors (Lipinski definition) is 3. The molecule has 4 atom stereocenters. The zero-order chi connectivity index (χ0) is 12.5. The van der Waals surface area contributed by atoms with E-state index in [2.05, 4.69) is 43.6 Å². The summed E-state index contributed by atoms with van der Waals surface area (Å²) < 4.78 is 0. The molecule has 17 heavy (non-hydrogen) atoms. The molecular formula is C14H29N3. The highest BCUT2D eigenvalue weighted by atomic mass is 15.4. The molecule has 0 radical (unpaired) electrons. The lowest BCUT2D eigenvalue weighted by Crippen LogP contribution is -2.74. The SMILES string of the molecule is CC1NC(C)NC(C)(C2CCCCCC2C)N1. The molecule has 0 amide bonds. The summed E-state index contributed by atoms with van der Waals surface area (Å²) in [6.45, 7) is 9.23. The second kappa shape index (κ2) is 5.25. The largest absolute Gasteiger partial charge is 0.287 e. The van der Waals surface area contributed by atoms with Crippen LogP contribution in [0, 0.1) is 11.8 Å². The lowest BCUT2D eigenvalue weighted by molar-refractivity contribution is 0.0505. The maximum Gasteiger partial charge on any atom is 0.0713 e. The van der Waals surface area contributed by atoms with Crippen molar-refractivity contribution in [2.75, 3.05) is 0 Å². The van der Waals surface area contributed by atoms with Gasteiger partial charge in [-0.25, -0.2) is 0 Å². The van der Waals surface area contributed by atoms with E-state index in [1.807, 2.05) is 0 Å². The van der Waals surface area contributed by atoms with E-state index in [4.69, 9.17) is 0 Å². The van der Waals surface area contributed by atoms with Crippen LogP contribution in [0.15, 0.2) is 0 Å². The van der Waals surface area contributed by atoms with E-state index >= 15 is 0 Å². The first kappa shape index (κ1) is 13.3. The summed E-state index contributed by atoms with van der Waals surface area (Å²) in [5.41, 5.74) is 0.0911. The van der Waals surface area contributed by atoms with Crippen LogP contribution in [0.3, 0.4) is 0 Å². The second-order valence-corrected chi connectivity index (χ2v) is 6.32. The molecule has 2 aliphatic rings. The van der Waals surface area contributed by atoms with Gasteiger partial charge in [0.05, 0.1) is 18.0 Å². The van der Waals surface area contributed by atoms with Crippen molar-refractivity contribution >= 4 is 0 Å². The minimum Gasteiger partial charge on any atom is -0.287 e. The van der Waals surface area contributed by atoms with E-state index in [-0.39, 0.29) is 5.66 Å². The summed E-state index contributed by atoms with van der Waals surface area (Å²) in [5, 5.41) is 10.9. The number of hydrogen-bond acceptors (Lipinski definition) is 3. The molecule has 3 nitrogen and oxygen atoms in total. The van der Waals surface area contributed by atoms with Crippen molar-refractivity contribution in [3.8, 4) is 0 Å². The fraction of sp³-hybridized carbons (Fsp3) is 1.00. The molecule has 100 valence electrons. The Morgan fingerprint density at radius 2 is 1.47 bits per heavy atom. The molecule has 0 spiro atoms. The van der Waals surface area contributed by atoms with Crippen LogP contribution in [-0.4, -0.2) is 18.0 Å². The van der Waals surface area contributed by atoms with Gasteiger partial charge in [0.25, 0.3) is 0 Å². The van der Waals surface area contributed by atoms with Gasteiger partial charge in [0.15, 0.2) is 0 Å². The van der Waals surface area contributed by atoms with E-state index in [9.17, 15) is 0 Å². The molecule has 1 saturated carbocycles. The molecule has 3 heteroatoms. The van der Waals surface area contributed by atoms with Gasteiger partial charge in [-0.05, 0) is 39.0 Å². The van der Waals surface area contributed by atoms with Gasteiger partial charge in [-0.3, -0.25) is 16.0 Å². The van der Waals surface area contributed by atoms with Gasteiger partial charge < -0.3 is 0 Å². The molecule has 1 aliphatic heterocycles. The third kappa shape index (κ3) is 3.01. The maximum atomic E-state index is 3.73. The van der Waals surface area contributed by atoms with Gasteiger partial charge in [0, 0.05) is 0 Å². The van der Waals surface area contributed by atoms with Gasteiger partial charge >= 0.3 is 0 Å². The van der Waals surface area contributed by atoms with Crippen LogP contribution < -0.4 is 16.0 Å². The van der Waals surface area contributed by atoms with Gasteiger partial charge in [-0.1, -0.05) is 32.6 Å². The van der Waals surface area contributed by atoms with Crippen molar-refractivity contribution in [1.29, 1.82) is 0 Å². The summed E-state index contributed by atoms with van der Waals surface area (Å²) >= 11 is 0. The summed E-state index contributed by atoms with van der Waals surface area (Å²) in [6.07, 6.45) is 7.76. The lowest BCUT2D eigenvalue weighted by Gasteiger charge is -2.49. The standard InChI is InChI=1S/C14H29N3/c1-10-8-6-5-7-9-13(10)14(4)16-11(2)15-12(3)17-14/h10-13,15-17H,5-9H2,1-4H3. The van der Waals surface area contributed by atoms with Crippen LogP contribution >= 0.6 is 0 Å². The Morgan fingerprint density at radius 1 is 0.882 bits per heavy atom. The number of nitrogens with one attached hydrogen (secondary N) is 3. The highest BCUT2D eigenvalue weighted by molar-refractivity contribution is 4.96. The lowest BCUT2D eigenvalue weighted by atomic mass is 9.79. The minimum absolute atomic E-state index is 0.0911. The van der Waals surface area contributed by atoms with Crippen molar-refractivity contribution in [2.45, 2.75) is 77.8 Å². The van der Waals surface area contributed by atoms with Crippen molar-refractivity contribution < 1.29 is 0 Å². The maximum absolute atomic E-state index is 3.73. The first-order chi connectivity index (χ1) is 8.01. The van der Waals surface area contributed by atoms with Gasteiger partial charge in [0.2, 0.25) is 0 Å². The highest BCUT2D eigenvalue weighted by Gasteiger charge is 2.41. The Balaban J connectivity index is 2.11. The normalized spacial score (nSPS) is 48.7. The first-order valence-corrected chi connectivity index (χ1v) is 7.33. The first-order valence-electron chi connectivity index (χ1n) is 7.33. The fourth-order valence-corrected chi connectivity index (χ4v) is 3.96. The highest BCUT2D eigenvalue weighted by Crippen LogP contribution is 2.35. The minimum atomic E-state index is 0.0911. The molecule has 0 aromatic rings. The summed E-state index contributed by atoms with van der Waals surface area (Å²) in [6, 6.07) is 0. The third-order valence-electron chi connectivity index (χ3n) is 4.64. The van der Waals surface area contributed by atoms with Crippen LogP contribution in [0.5, 0.6) is 0 Å². The van der Waals surface area contributed by atoms with E-state index in [1.165, 1.54) is 32.1 Å². The Kier molecular flexibility index (Phi) is 4.11. The van der Waals surface area contributed by atoms with Gasteiger partial charge in [0.1, 0.15) is 0 Å². The van der Waals surface area contributed by atoms with Crippen molar-refractivity contribution in [3.63, 3.8) is 0 Å². The molecule has 1 heterocycles. The third-order valence-corrected chi connectivity index (χ3v) is 4.64. The van der Waals surface area contributed by atoms with Crippen molar-refractivity contribution in [1.82, 2.24) is 16.0 Å². The molecular weight excluding hydrogens is 210 g/mol. The zero-order valence-corrected chi connectivity index (χ0v) is 11.8. The average molecular weight is 239 g/mol. The van der Waals surface area contributed by atoms with Crippen LogP contribution in [0.1, 0.15) is 59.8 Å². The molecule has 1 saturated heterocycles. The van der Waals surface area contributed by atoms with E-state index in [0.717, 1.165) is 11.8 Å². The van der Waals surface area contributed by atoms with Gasteiger partial charge in [-0.15, -0.1) is 0 Å². The Bertz CT molecular complexity index is 244. The predicted octanol–water partition coefficient (Wildman–Crippen LogP) is 2.39. The molecule has 4 unspecified atom stereocenters. The quantitative estimate of drug-likeness (QED) is 0.615. The second-order valence-electron chi connectivity index (χ2n) is 6.32. The van der Waals surface area contributed by atoms with Gasteiger partial charge in [-0.2, -0.15) is 0 Å². The molecule has 0 aromatic heterocycles. The molecule has 1 aliphatic carbocycles. The topological polar surface area (TPSA) is 36.1 Å². The molecule has 2 rings (SSSR count).